The molecule has 106 valence electrons. The van der Waals surface area contributed by atoms with Crippen molar-refractivity contribution in [2.75, 3.05) is 13.1 Å². The van der Waals surface area contributed by atoms with Crippen LogP contribution < -0.4 is 0 Å². The molecule has 2 aromatic heterocycles. The number of aryl methyl sites for hydroxylation is 2. The summed E-state index contributed by atoms with van der Waals surface area (Å²) >= 11 is 0. The Morgan fingerprint density at radius 3 is 3.10 bits per heavy atom. The van der Waals surface area contributed by atoms with Gasteiger partial charge >= 0.3 is 0 Å². The van der Waals surface area contributed by atoms with Gasteiger partial charge in [-0.3, -0.25) is 4.79 Å². The van der Waals surface area contributed by atoms with Crippen LogP contribution in [0.3, 0.4) is 0 Å². The van der Waals surface area contributed by atoms with Gasteiger partial charge in [-0.25, -0.2) is 4.98 Å². The molecule has 1 unspecified atom stereocenters. The first-order valence-corrected chi connectivity index (χ1v) is 6.71. The van der Waals surface area contributed by atoms with Crippen LogP contribution in [0.1, 0.15) is 47.2 Å². The highest BCUT2D eigenvalue weighted by molar-refractivity contribution is 5.93. The van der Waals surface area contributed by atoms with Gasteiger partial charge in [0, 0.05) is 19.5 Å². The van der Waals surface area contributed by atoms with Gasteiger partial charge in [0.1, 0.15) is 5.76 Å². The van der Waals surface area contributed by atoms with E-state index in [1.54, 1.807) is 11.8 Å². The first-order valence-electron chi connectivity index (χ1n) is 6.71. The molecule has 0 bridgehead atoms. The van der Waals surface area contributed by atoms with Crippen LogP contribution in [-0.2, 0) is 6.42 Å². The quantitative estimate of drug-likeness (QED) is 0.845. The summed E-state index contributed by atoms with van der Waals surface area (Å²) in [6.45, 7) is 4.97. The van der Waals surface area contributed by atoms with Gasteiger partial charge in [0.2, 0.25) is 5.89 Å². The molecule has 7 nitrogen and oxygen atoms in total. The summed E-state index contributed by atoms with van der Waals surface area (Å²) in [7, 11) is 0. The number of rotatable bonds is 3. The molecule has 1 saturated heterocycles. The maximum absolute atomic E-state index is 12.4. The molecule has 0 aliphatic carbocycles. The Morgan fingerprint density at radius 1 is 1.55 bits per heavy atom. The minimum Gasteiger partial charge on any atom is -0.448 e. The largest absolute Gasteiger partial charge is 0.448 e. The zero-order valence-electron chi connectivity index (χ0n) is 11.5. The predicted molar refractivity (Wildman–Crippen MR) is 68.2 cm³/mol. The SMILES string of the molecule is CCc1ocnc1C(=O)N1CCC(c2nc(C)no2)C1. The van der Waals surface area contributed by atoms with Crippen molar-refractivity contribution in [3.63, 3.8) is 0 Å². The summed E-state index contributed by atoms with van der Waals surface area (Å²) in [4.78, 5) is 22.4. The maximum atomic E-state index is 12.4. The van der Waals surface area contributed by atoms with E-state index in [1.165, 1.54) is 6.39 Å². The maximum Gasteiger partial charge on any atom is 0.276 e. The molecule has 1 aliphatic rings. The Hall–Kier alpha value is -2.18. The number of hydrogen-bond acceptors (Lipinski definition) is 6. The lowest BCUT2D eigenvalue weighted by molar-refractivity contribution is 0.0782. The number of carbonyl (C=O) groups excluding carboxylic acids is 1. The van der Waals surface area contributed by atoms with Crippen LogP contribution in [0.25, 0.3) is 0 Å². The van der Waals surface area contributed by atoms with Gasteiger partial charge in [-0.15, -0.1) is 0 Å². The number of carbonyl (C=O) groups is 1. The molecule has 1 amide bonds. The second kappa shape index (κ2) is 5.07. The number of hydrogen-bond donors (Lipinski definition) is 0. The van der Waals surface area contributed by atoms with E-state index in [9.17, 15) is 4.79 Å². The van der Waals surface area contributed by atoms with Gasteiger partial charge in [-0.2, -0.15) is 4.98 Å². The molecular weight excluding hydrogens is 260 g/mol. The van der Waals surface area contributed by atoms with Crippen molar-refractivity contribution in [3.05, 3.63) is 29.6 Å². The van der Waals surface area contributed by atoms with E-state index in [2.05, 4.69) is 15.1 Å². The van der Waals surface area contributed by atoms with Crippen LogP contribution in [0.15, 0.2) is 15.3 Å². The number of nitrogens with zero attached hydrogens (tertiary/aromatic N) is 4. The lowest BCUT2D eigenvalue weighted by Gasteiger charge is -2.14. The molecule has 1 aliphatic heterocycles. The normalized spacial score (nSPS) is 18.7. The third-order valence-corrected chi connectivity index (χ3v) is 3.53. The van der Waals surface area contributed by atoms with Crippen molar-refractivity contribution in [1.82, 2.24) is 20.0 Å². The Kier molecular flexibility index (Phi) is 3.25. The first kappa shape index (κ1) is 12.8. The van der Waals surface area contributed by atoms with Crippen molar-refractivity contribution in [1.29, 1.82) is 0 Å². The van der Waals surface area contributed by atoms with Crippen molar-refractivity contribution in [2.45, 2.75) is 32.6 Å². The Morgan fingerprint density at radius 2 is 2.40 bits per heavy atom. The Labute approximate surface area is 116 Å². The monoisotopic (exact) mass is 276 g/mol. The topological polar surface area (TPSA) is 85.3 Å². The molecule has 1 atom stereocenters. The molecule has 0 saturated carbocycles. The van der Waals surface area contributed by atoms with E-state index in [0.29, 0.717) is 42.7 Å². The summed E-state index contributed by atoms with van der Waals surface area (Å²) in [6, 6.07) is 0. The second-order valence-corrected chi connectivity index (χ2v) is 4.89. The molecule has 20 heavy (non-hydrogen) atoms. The fraction of sp³-hybridized carbons (Fsp3) is 0.538. The lowest BCUT2D eigenvalue weighted by atomic mass is 10.1. The standard InChI is InChI=1S/C13H16N4O3/c1-3-10-11(14-7-19-10)13(18)17-5-4-9(6-17)12-15-8(2)16-20-12/h7,9H,3-6H2,1-2H3. The zero-order valence-corrected chi connectivity index (χ0v) is 11.5. The summed E-state index contributed by atoms with van der Waals surface area (Å²) in [5.74, 6) is 1.88. The van der Waals surface area contributed by atoms with E-state index in [4.69, 9.17) is 8.94 Å². The number of amides is 1. The number of aromatic nitrogens is 3. The van der Waals surface area contributed by atoms with E-state index >= 15 is 0 Å². The molecule has 3 heterocycles. The molecule has 0 radical (unpaired) electrons. The van der Waals surface area contributed by atoms with E-state index in [0.717, 1.165) is 6.42 Å². The molecule has 1 fully saturated rings. The average molecular weight is 276 g/mol. The highest BCUT2D eigenvalue weighted by Gasteiger charge is 2.33. The summed E-state index contributed by atoms with van der Waals surface area (Å²) in [5, 5.41) is 3.79. The van der Waals surface area contributed by atoms with E-state index < -0.39 is 0 Å². The summed E-state index contributed by atoms with van der Waals surface area (Å²) in [5.41, 5.74) is 0.412. The van der Waals surface area contributed by atoms with Crippen LogP contribution in [0.4, 0.5) is 0 Å². The minimum absolute atomic E-state index is 0.0886. The van der Waals surface area contributed by atoms with Crippen LogP contribution in [0.2, 0.25) is 0 Å². The van der Waals surface area contributed by atoms with E-state index in [-0.39, 0.29) is 11.8 Å². The van der Waals surface area contributed by atoms with Crippen molar-refractivity contribution < 1.29 is 13.7 Å². The number of likely N-dealkylation sites (tertiary alicyclic amines) is 1. The summed E-state index contributed by atoms with van der Waals surface area (Å²) in [6.07, 6.45) is 2.80. The third-order valence-electron chi connectivity index (χ3n) is 3.53. The molecule has 0 N–H and O–H groups in total. The lowest BCUT2D eigenvalue weighted by Crippen LogP contribution is -2.29. The van der Waals surface area contributed by atoms with Crippen LogP contribution >= 0.6 is 0 Å². The second-order valence-electron chi connectivity index (χ2n) is 4.89. The first-order chi connectivity index (χ1) is 9.69. The van der Waals surface area contributed by atoms with Crippen LogP contribution in [0.5, 0.6) is 0 Å². The fourth-order valence-corrected chi connectivity index (χ4v) is 2.47. The predicted octanol–water partition coefficient (Wildman–Crippen LogP) is 1.56. The van der Waals surface area contributed by atoms with Crippen LogP contribution in [0, 0.1) is 6.92 Å². The number of oxazole rings is 1. The van der Waals surface area contributed by atoms with Crippen LogP contribution in [-0.4, -0.2) is 39.0 Å². The van der Waals surface area contributed by atoms with E-state index in [1.807, 2.05) is 6.92 Å². The average Bonchev–Trinajstić information content (AvgIpc) is 3.17. The van der Waals surface area contributed by atoms with Crippen molar-refractivity contribution in [2.24, 2.45) is 0 Å². The molecule has 3 rings (SSSR count). The van der Waals surface area contributed by atoms with Gasteiger partial charge in [0.15, 0.2) is 17.9 Å². The zero-order chi connectivity index (χ0) is 14.1. The van der Waals surface area contributed by atoms with Gasteiger partial charge in [0.05, 0.1) is 5.92 Å². The van der Waals surface area contributed by atoms with Gasteiger partial charge < -0.3 is 13.8 Å². The Bertz CT molecular complexity index is 619. The molecule has 0 spiro atoms. The summed E-state index contributed by atoms with van der Waals surface area (Å²) < 4.78 is 10.4. The molecule has 7 heteroatoms. The van der Waals surface area contributed by atoms with Gasteiger partial charge in [-0.05, 0) is 13.3 Å². The minimum atomic E-state index is -0.0886. The third kappa shape index (κ3) is 2.19. The van der Waals surface area contributed by atoms with Crippen molar-refractivity contribution in [3.8, 4) is 0 Å². The Balaban J connectivity index is 1.72. The van der Waals surface area contributed by atoms with Crippen molar-refractivity contribution >= 4 is 5.91 Å². The molecular formula is C13H16N4O3. The molecule has 2 aromatic rings. The fourth-order valence-electron chi connectivity index (χ4n) is 2.47. The highest BCUT2D eigenvalue weighted by Crippen LogP contribution is 2.27. The molecule has 0 aromatic carbocycles. The highest BCUT2D eigenvalue weighted by atomic mass is 16.5. The van der Waals surface area contributed by atoms with Gasteiger partial charge in [0.25, 0.3) is 5.91 Å². The van der Waals surface area contributed by atoms with Gasteiger partial charge in [-0.1, -0.05) is 12.1 Å². The smallest absolute Gasteiger partial charge is 0.276 e.